The van der Waals surface area contributed by atoms with Crippen molar-refractivity contribution >= 4 is 11.6 Å². The third-order valence-electron chi connectivity index (χ3n) is 2.24. The molecule has 0 spiro atoms. The van der Waals surface area contributed by atoms with Crippen molar-refractivity contribution in [2.45, 2.75) is 12.6 Å². The van der Waals surface area contributed by atoms with Crippen LogP contribution in [0.5, 0.6) is 0 Å². The molecule has 0 aliphatic carbocycles. The summed E-state index contributed by atoms with van der Waals surface area (Å²) >= 11 is 0. The molecule has 0 saturated heterocycles. The molecule has 1 aromatic heterocycles. The predicted octanol–water partition coefficient (Wildman–Crippen LogP) is 0.0839. The number of nitrogens with zero attached hydrogens (tertiary/aromatic N) is 2. The van der Waals surface area contributed by atoms with Gasteiger partial charge in [-0.3, -0.25) is 0 Å². The lowest BCUT2D eigenvalue weighted by Gasteiger charge is -2.16. The molecule has 1 atom stereocenters. The highest BCUT2D eigenvalue weighted by molar-refractivity contribution is 5.47. The highest BCUT2D eigenvalue weighted by Crippen LogP contribution is 2.12. The Kier molecular flexibility index (Phi) is 6.34. The first-order valence-electron chi connectivity index (χ1n) is 5.64. The van der Waals surface area contributed by atoms with Gasteiger partial charge < -0.3 is 25.2 Å². The van der Waals surface area contributed by atoms with Crippen molar-refractivity contribution in [2.75, 3.05) is 45.1 Å². The van der Waals surface area contributed by atoms with Gasteiger partial charge in [0.1, 0.15) is 18.2 Å². The third-order valence-corrected chi connectivity index (χ3v) is 2.24. The lowest BCUT2D eigenvalue weighted by molar-refractivity contribution is 0.153. The fourth-order valence-electron chi connectivity index (χ4n) is 1.44. The van der Waals surface area contributed by atoms with Crippen molar-refractivity contribution in [2.24, 2.45) is 0 Å². The molecule has 0 aromatic carbocycles. The lowest BCUT2D eigenvalue weighted by Crippen LogP contribution is -2.29. The monoisotopic (exact) mass is 256 g/mol. The van der Waals surface area contributed by atoms with E-state index in [-0.39, 0.29) is 12.6 Å². The summed E-state index contributed by atoms with van der Waals surface area (Å²) in [5.74, 6) is 1.88. The molecule has 0 aliphatic heterocycles. The first-order valence-corrected chi connectivity index (χ1v) is 5.64. The zero-order valence-corrected chi connectivity index (χ0v) is 10.9. The zero-order valence-electron chi connectivity index (χ0n) is 10.9. The summed E-state index contributed by atoms with van der Waals surface area (Å²) in [7, 11) is 4.95. The van der Waals surface area contributed by atoms with Crippen molar-refractivity contribution in [1.29, 1.82) is 0 Å². The topological polar surface area (TPSA) is 88.5 Å². The molecule has 0 bridgehead atoms. The van der Waals surface area contributed by atoms with Crippen molar-refractivity contribution < 1.29 is 14.6 Å². The van der Waals surface area contributed by atoms with Crippen molar-refractivity contribution in [3.63, 3.8) is 0 Å². The van der Waals surface area contributed by atoms with Crippen LogP contribution in [-0.2, 0) is 16.1 Å². The predicted molar refractivity (Wildman–Crippen MR) is 68.7 cm³/mol. The SMILES string of the molecule is CNc1cc(NC(CO)COC)nc(COC)n1. The van der Waals surface area contributed by atoms with Gasteiger partial charge in [0.2, 0.25) is 0 Å². The molecule has 1 rings (SSSR count). The van der Waals surface area contributed by atoms with Crippen LogP contribution < -0.4 is 10.6 Å². The summed E-state index contributed by atoms with van der Waals surface area (Å²) in [6, 6.07) is 1.56. The van der Waals surface area contributed by atoms with E-state index in [4.69, 9.17) is 9.47 Å². The zero-order chi connectivity index (χ0) is 13.4. The second-order valence-electron chi connectivity index (χ2n) is 3.72. The molecule has 18 heavy (non-hydrogen) atoms. The Morgan fingerprint density at radius 2 is 2.00 bits per heavy atom. The van der Waals surface area contributed by atoms with Gasteiger partial charge in [0.15, 0.2) is 5.82 Å². The summed E-state index contributed by atoms with van der Waals surface area (Å²) in [5.41, 5.74) is 0. The minimum atomic E-state index is -0.204. The Hall–Kier alpha value is -1.44. The van der Waals surface area contributed by atoms with E-state index in [0.29, 0.717) is 30.7 Å². The standard InChI is InChI=1S/C11H20N4O3/c1-12-9-4-10(13-8(5-16)6-17-2)15-11(14-9)7-18-3/h4,8,16H,5-7H2,1-3H3,(H2,12,13,14,15). The number of rotatable bonds is 8. The summed E-state index contributed by atoms with van der Waals surface area (Å²) in [5, 5.41) is 15.2. The molecule has 0 radical (unpaired) electrons. The van der Waals surface area contributed by atoms with Gasteiger partial charge in [-0.25, -0.2) is 9.97 Å². The number of aliphatic hydroxyl groups excluding tert-OH is 1. The summed E-state index contributed by atoms with van der Waals surface area (Å²) in [6.45, 7) is 0.694. The Balaban J connectivity index is 2.82. The van der Waals surface area contributed by atoms with Crippen LogP contribution in [0, 0.1) is 0 Å². The maximum Gasteiger partial charge on any atom is 0.158 e. The second-order valence-corrected chi connectivity index (χ2v) is 3.72. The van der Waals surface area contributed by atoms with Gasteiger partial charge in [0.25, 0.3) is 0 Å². The Bertz CT molecular complexity index is 362. The molecular weight excluding hydrogens is 236 g/mol. The first kappa shape index (κ1) is 14.6. The molecular formula is C11H20N4O3. The van der Waals surface area contributed by atoms with Gasteiger partial charge >= 0.3 is 0 Å². The molecule has 1 unspecified atom stereocenters. The van der Waals surface area contributed by atoms with E-state index in [1.54, 1.807) is 27.3 Å². The second kappa shape index (κ2) is 7.80. The van der Waals surface area contributed by atoms with Crippen LogP contribution in [0.25, 0.3) is 0 Å². The van der Waals surface area contributed by atoms with Crippen LogP contribution in [0.4, 0.5) is 11.6 Å². The number of hydrogen-bond donors (Lipinski definition) is 3. The van der Waals surface area contributed by atoms with Gasteiger partial charge in [-0.15, -0.1) is 0 Å². The largest absolute Gasteiger partial charge is 0.394 e. The maximum absolute atomic E-state index is 9.19. The number of nitrogens with one attached hydrogen (secondary N) is 2. The third kappa shape index (κ3) is 4.44. The molecule has 102 valence electrons. The Morgan fingerprint density at radius 3 is 2.56 bits per heavy atom. The quantitative estimate of drug-likeness (QED) is 0.607. The van der Waals surface area contributed by atoms with Crippen LogP contribution in [0.3, 0.4) is 0 Å². The van der Waals surface area contributed by atoms with Crippen LogP contribution in [0.2, 0.25) is 0 Å². The average molecular weight is 256 g/mol. The van der Waals surface area contributed by atoms with Gasteiger partial charge in [-0.2, -0.15) is 0 Å². The minimum absolute atomic E-state index is 0.0354. The molecule has 1 aromatic rings. The van der Waals surface area contributed by atoms with Gasteiger partial charge in [0.05, 0.1) is 19.3 Å². The van der Waals surface area contributed by atoms with Gasteiger partial charge in [-0.1, -0.05) is 0 Å². The fraction of sp³-hybridized carbons (Fsp3) is 0.636. The number of anilines is 2. The van der Waals surface area contributed by atoms with E-state index >= 15 is 0 Å². The molecule has 7 heteroatoms. The normalized spacial score (nSPS) is 12.2. The van der Waals surface area contributed by atoms with E-state index < -0.39 is 0 Å². The van der Waals surface area contributed by atoms with Crippen LogP contribution in [0.15, 0.2) is 6.07 Å². The van der Waals surface area contributed by atoms with Crippen molar-refractivity contribution in [3.05, 3.63) is 11.9 Å². The highest BCUT2D eigenvalue weighted by atomic mass is 16.5. The smallest absolute Gasteiger partial charge is 0.158 e. The molecule has 0 fully saturated rings. The van der Waals surface area contributed by atoms with Crippen LogP contribution in [-0.4, -0.2) is 55.6 Å². The lowest BCUT2D eigenvalue weighted by atomic mass is 10.3. The summed E-state index contributed by atoms with van der Waals surface area (Å²) < 4.78 is 10.0. The molecule has 1 heterocycles. The number of ether oxygens (including phenoxy) is 2. The first-order chi connectivity index (χ1) is 8.73. The van der Waals surface area contributed by atoms with E-state index in [9.17, 15) is 5.11 Å². The summed E-state index contributed by atoms with van der Waals surface area (Å²) in [4.78, 5) is 8.53. The van der Waals surface area contributed by atoms with Crippen molar-refractivity contribution in [1.82, 2.24) is 9.97 Å². The molecule has 0 amide bonds. The van der Waals surface area contributed by atoms with E-state index in [2.05, 4.69) is 20.6 Å². The molecule has 0 aliphatic rings. The fourth-order valence-corrected chi connectivity index (χ4v) is 1.44. The maximum atomic E-state index is 9.19. The number of methoxy groups -OCH3 is 2. The number of aromatic nitrogens is 2. The van der Waals surface area contributed by atoms with Crippen LogP contribution in [0.1, 0.15) is 5.82 Å². The van der Waals surface area contributed by atoms with E-state index in [1.165, 1.54) is 0 Å². The van der Waals surface area contributed by atoms with Gasteiger partial charge in [0, 0.05) is 27.3 Å². The van der Waals surface area contributed by atoms with E-state index in [1.807, 2.05) is 0 Å². The van der Waals surface area contributed by atoms with Crippen LogP contribution >= 0.6 is 0 Å². The Labute approximate surface area is 107 Å². The highest BCUT2D eigenvalue weighted by Gasteiger charge is 2.10. The number of aliphatic hydroxyl groups is 1. The minimum Gasteiger partial charge on any atom is -0.394 e. The molecule has 0 saturated carbocycles. The molecule has 7 nitrogen and oxygen atoms in total. The van der Waals surface area contributed by atoms with E-state index in [0.717, 1.165) is 0 Å². The molecule has 3 N–H and O–H groups in total. The summed E-state index contributed by atoms with van der Waals surface area (Å²) in [6.07, 6.45) is 0. The Morgan fingerprint density at radius 1 is 1.28 bits per heavy atom. The van der Waals surface area contributed by atoms with Crippen molar-refractivity contribution in [3.8, 4) is 0 Å². The van der Waals surface area contributed by atoms with Gasteiger partial charge in [-0.05, 0) is 0 Å². The average Bonchev–Trinajstić information content (AvgIpc) is 2.38. The number of hydrogen-bond acceptors (Lipinski definition) is 7.